The third-order valence-electron chi connectivity index (χ3n) is 9.34. The second-order valence-electron chi connectivity index (χ2n) is 15.7. The molecule has 0 radical (unpaired) electrons. The molecule has 0 aliphatic heterocycles. The van der Waals surface area contributed by atoms with Crippen molar-refractivity contribution in [1.29, 1.82) is 0 Å². The van der Waals surface area contributed by atoms with E-state index in [1.54, 1.807) is 0 Å². The zero-order chi connectivity index (χ0) is 34.6. The van der Waals surface area contributed by atoms with Gasteiger partial charge in [0, 0.05) is 28.1 Å². The fourth-order valence-corrected chi connectivity index (χ4v) is 10.5. The van der Waals surface area contributed by atoms with Gasteiger partial charge in [-0.2, -0.15) is 0 Å². The van der Waals surface area contributed by atoms with Gasteiger partial charge in [0.05, 0.1) is 6.61 Å². The van der Waals surface area contributed by atoms with E-state index in [0.29, 0.717) is 6.61 Å². The number of fused-ring (bicyclic) bond motifs is 3. The Bertz CT molecular complexity index is 1840. The Kier molecular flexibility index (Phi) is 9.99. The highest BCUT2D eigenvalue weighted by Gasteiger charge is 2.27. The van der Waals surface area contributed by atoms with Crippen molar-refractivity contribution in [2.45, 2.75) is 108 Å². The fraction of sp³-hybridized carbons (Fsp3) is 0.429. The highest BCUT2D eigenvalue weighted by molar-refractivity contribution is 7.73. The molecule has 4 aromatic carbocycles. The minimum absolute atomic E-state index is 0.126. The molecular weight excluding hydrogens is 614 g/mol. The van der Waals surface area contributed by atoms with Gasteiger partial charge in [-0.05, 0) is 107 Å². The van der Waals surface area contributed by atoms with Crippen LogP contribution in [-0.4, -0.2) is 12.8 Å². The molecule has 0 aliphatic rings. The Morgan fingerprint density at radius 1 is 0.553 bits per heavy atom. The van der Waals surface area contributed by atoms with Crippen molar-refractivity contribution in [2.24, 2.45) is 0 Å². The van der Waals surface area contributed by atoms with Gasteiger partial charge in [-0.25, -0.2) is 0 Å². The summed E-state index contributed by atoms with van der Waals surface area (Å²) in [6.07, 6.45) is 0.879. The Morgan fingerprint density at radius 2 is 0.915 bits per heavy atom. The summed E-state index contributed by atoms with van der Waals surface area (Å²) in [6, 6.07) is 18.6. The standard InChI is InChI=1S/C42H54O3P2/c1-25-17-26(2)20-33(19-25)46(34-21-27(3)18-28(4)22-34)16-15-43-47-44-39-35(41(9,10)11)23-29(5)31(7)37(39)38-32(8)30(6)24-36(40(38)45-47)42(12,13)14/h17-24H,15-16H2,1-14H3. The van der Waals surface area contributed by atoms with Crippen molar-refractivity contribution < 1.29 is 12.9 Å². The number of rotatable bonds is 6. The lowest BCUT2D eigenvalue weighted by molar-refractivity contribution is 0.395. The molecule has 3 nitrogen and oxygen atoms in total. The van der Waals surface area contributed by atoms with Crippen LogP contribution >= 0.6 is 16.2 Å². The zero-order valence-electron chi connectivity index (χ0n) is 31.2. The predicted octanol–water partition coefficient (Wildman–Crippen LogP) is 11.9. The summed E-state index contributed by atoms with van der Waals surface area (Å²) in [5.41, 5.74) is 14.1. The molecule has 0 spiro atoms. The molecule has 5 rings (SSSR count). The van der Waals surface area contributed by atoms with Gasteiger partial charge in [-0.15, -0.1) is 0 Å². The average Bonchev–Trinajstić information content (AvgIpc) is 3.10. The van der Waals surface area contributed by atoms with Crippen LogP contribution in [0.1, 0.15) is 97.2 Å². The first-order chi connectivity index (χ1) is 21.8. The molecule has 1 aromatic heterocycles. The Morgan fingerprint density at radius 3 is 1.26 bits per heavy atom. The zero-order valence-corrected chi connectivity index (χ0v) is 32.9. The molecule has 5 heteroatoms. The predicted molar refractivity (Wildman–Crippen MR) is 207 cm³/mol. The summed E-state index contributed by atoms with van der Waals surface area (Å²) >= 11 is 0. The molecule has 47 heavy (non-hydrogen) atoms. The first-order valence-corrected chi connectivity index (χ1v) is 19.5. The maximum Gasteiger partial charge on any atom is 0.387 e. The van der Waals surface area contributed by atoms with Crippen molar-refractivity contribution in [3.8, 4) is 0 Å². The second kappa shape index (κ2) is 13.2. The second-order valence-corrected chi connectivity index (χ2v) is 19.1. The van der Waals surface area contributed by atoms with Crippen LogP contribution in [-0.2, 0) is 10.8 Å². The minimum atomic E-state index is -1.73. The SMILES string of the molecule is Cc1cc(C)cc(P(CCOp2oc3c(C(C)(C)C)cc(C)c(C)c3c3c(C)c(C)cc(C(C)(C)C)c3o2)c2cc(C)cc(C)c2)c1. The van der Waals surface area contributed by atoms with Crippen LogP contribution in [0.5, 0.6) is 0 Å². The molecule has 0 fully saturated rings. The molecular formula is C42H54O3P2. The molecule has 0 unspecified atom stereocenters. The third kappa shape index (κ3) is 7.44. The van der Waals surface area contributed by atoms with E-state index < -0.39 is 16.2 Å². The lowest BCUT2D eigenvalue weighted by atomic mass is 9.81. The summed E-state index contributed by atoms with van der Waals surface area (Å²) in [6.45, 7) is 31.8. The lowest BCUT2D eigenvalue weighted by Crippen LogP contribution is -2.18. The lowest BCUT2D eigenvalue weighted by Gasteiger charge is -2.23. The summed E-state index contributed by atoms with van der Waals surface area (Å²) < 4.78 is 20.8. The summed E-state index contributed by atoms with van der Waals surface area (Å²) in [5, 5.41) is 5.08. The van der Waals surface area contributed by atoms with Crippen molar-refractivity contribution in [2.75, 3.05) is 12.8 Å². The van der Waals surface area contributed by atoms with Gasteiger partial charge in [0.1, 0.15) is 11.2 Å². The molecule has 0 aliphatic carbocycles. The Balaban J connectivity index is 1.73. The molecule has 0 amide bonds. The highest BCUT2D eigenvalue weighted by atomic mass is 31.1. The van der Waals surface area contributed by atoms with E-state index in [4.69, 9.17) is 12.9 Å². The van der Waals surface area contributed by atoms with Crippen LogP contribution in [0, 0.1) is 55.4 Å². The van der Waals surface area contributed by atoms with Gasteiger partial charge in [-0.3, -0.25) is 4.52 Å². The van der Waals surface area contributed by atoms with Gasteiger partial charge in [-0.1, -0.05) is 112 Å². The van der Waals surface area contributed by atoms with Crippen LogP contribution in [0.2, 0.25) is 0 Å². The van der Waals surface area contributed by atoms with Crippen LogP contribution in [0.3, 0.4) is 0 Å². The molecule has 1 heterocycles. The Hall–Kier alpha value is -2.83. The van der Waals surface area contributed by atoms with Crippen molar-refractivity contribution in [1.82, 2.24) is 0 Å². The maximum atomic E-state index is 6.99. The average molecular weight is 669 g/mol. The normalized spacial score (nSPS) is 12.5. The quantitative estimate of drug-likeness (QED) is 0.169. The van der Waals surface area contributed by atoms with Crippen LogP contribution < -0.4 is 15.1 Å². The number of aryl methyl sites for hydroxylation is 8. The van der Waals surface area contributed by atoms with Gasteiger partial charge in [0.15, 0.2) is 0 Å². The van der Waals surface area contributed by atoms with E-state index in [1.165, 1.54) is 66.2 Å². The van der Waals surface area contributed by atoms with Crippen molar-refractivity contribution in [3.05, 3.63) is 104 Å². The number of benzene rings is 4. The van der Waals surface area contributed by atoms with E-state index in [1.807, 2.05) is 0 Å². The van der Waals surface area contributed by atoms with E-state index in [-0.39, 0.29) is 10.8 Å². The molecule has 0 saturated carbocycles. The van der Waals surface area contributed by atoms with E-state index in [2.05, 4.69) is 145 Å². The first kappa shape index (κ1) is 35.5. The van der Waals surface area contributed by atoms with Gasteiger partial charge < -0.3 is 8.39 Å². The largest absolute Gasteiger partial charge is 0.399 e. The van der Waals surface area contributed by atoms with Crippen molar-refractivity contribution in [3.63, 3.8) is 0 Å². The summed E-state index contributed by atoms with van der Waals surface area (Å²) in [4.78, 5) is 0. The van der Waals surface area contributed by atoms with Gasteiger partial charge in [0.25, 0.3) is 0 Å². The van der Waals surface area contributed by atoms with E-state index in [9.17, 15) is 0 Å². The fourth-order valence-electron chi connectivity index (χ4n) is 6.74. The molecule has 0 N–H and O–H groups in total. The highest BCUT2D eigenvalue weighted by Crippen LogP contribution is 2.45. The molecule has 0 saturated heterocycles. The van der Waals surface area contributed by atoms with E-state index in [0.717, 1.165) is 28.1 Å². The van der Waals surface area contributed by atoms with Crippen LogP contribution in [0.25, 0.3) is 21.9 Å². The van der Waals surface area contributed by atoms with Gasteiger partial charge >= 0.3 is 8.24 Å². The van der Waals surface area contributed by atoms with Gasteiger partial charge in [0.2, 0.25) is 0 Å². The van der Waals surface area contributed by atoms with Crippen LogP contribution in [0.4, 0.5) is 0 Å². The topological polar surface area (TPSA) is 35.5 Å². The Labute approximate surface area is 285 Å². The van der Waals surface area contributed by atoms with Crippen LogP contribution in [0.15, 0.2) is 56.9 Å². The minimum Gasteiger partial charge on any atom is -0.399 e. The monoisotopic (exact) mass is 668 g/mol. The molecule has 250 valence electrons. The number of hydrogen-bond donors (Lipinski definition) is 0. The molecule has 5 aromatic rings. The number of hydrogen-bond acceptors (Lipinski definition) is 3. The molecule has 0 bridgehead atoms. The van der Waals surface area contributed by atoms with E-state index >= 15 is 0 Å². The summed E-state index contributed by atoms with van der Waals surface area (Å²) in [5.74, 6) is 0. The smallest absolute Gasteiger partial charge is 0.387 e. The molecule has 0 atom stereocenters. The first-order valence-electron chi connectivity index (χ1n) is 16.9. The maximum absolute atomic E-state index is 6.99. The third-order valence-corrected chi connectivity index (χ3v) is 12.8. The summed E-state index contributed by atoms with van der Waals surface area (Å²) in [7, 11) is -2.37. The van der Waals surface area contributed by atoms with Crippen molar-refractivity contribution >= 4 is 48.7 Å².